The molecule has 120 valence electrons. The largest absolute Gasteiger partial charge is 0.506 e. The van der Waals surface area contributed by atoms with Gasteiger partial charge in [0, 0.05) is 7.05 Å². The predicted octanol–water partition coefficient (Wildman–Crippen LogP) is 3.76. The molecule has 0 heterocycles. The molecule has 0 radical (unpaired) electrons. The average molecular weight is 322 g/mol. The van der Waals surface area contributed by atoms with Crippen molar-refractivity contribution in [1.82, 2.24) is 4.90 Å². The number of amidine groups is 1. The molecule has 0 fully saturated rings. The fraction of sp³-hybridized carbons (Fsp3) is 0.900. The van der Waals surface area contributed by atoms with Crippen LogP contribution in [0.2, 0.25) is 0 Å². The van der Waals surface area contributed by atoms with Crippen LogP contribution in [0.5, 0.6) is 0 Å². The standard InChI is InChI=1S/C10H19F4N2O3P/c1-7(2)18-20(17,19-8(3)4)6-16(5)9(11)15-10(12,13)14/h7-8H,6H2,1-5H3/b15-9-. The Balaban J connectivity index is 4.99. The molecule has 0 aliphatic heterocycles. The minimum absolute atomic E-state index is 0.443. The molecule has 0 rings (SSSR count). The van der Waals surface area contributed by atoms with Gasteiger partial charge >= 0.3 is 13.9 Å². The molecule has 0 N–H and O–H groups in total. The molecule has 0 amide bonds. The molecule has 0 saturated heterocycles. The van der Waals surface area contributed by atoms with Gasteiger partial charge in [0.2, 0.25) is 0 Å². The first-order valence-corrected chi connectivity index (χ1v) is 7.56. The highest BCUT2D eigenvalue weighted by Crippen LogP contribution is 2.50. The van der Waals surface area contributed by atoms with Crippen molar-refractivity contribution in [2.45, 2.75) is 46.2 Å². The summed E-state index contributed by atoms with van der Waals surface area (Å²) in [6.07, 6.45) is -8.50. The smallest absolute Gasteiger partial charge is 0.324 e. The second kappa shape index (κ2) is 7.38. The van der Waals surface area contributed by atoms with E-state index in [1.165, 1.54) is 0 Å². The van der Waals surface area contributed by atoms with Crippen LogP contribution in [0.1, 0.15) is 27.7 Å². The first-order chi connectivity index (χ1) is 8.84. The van der Waals surface area contributed by atoms with Crippen molar-refractivity contribution in [3.63, 3.8) is 0 Å². The number of nitrogens with zero attached hydrogens (tertiary/aromatic N) is 2. The molecule has 0 aromatic heterocycles. The van der Waals surface area contributed by atoms with E-state index < -0.39 is 38.5 Å². The molecule has 0 aliphatic rings. The van der Waals surface area contributed by atoms with Gasteiger partial charge in [0.05, 0.1) is 12.2 Å². The van der Waals surface area contributed by atoms with Gasteiger partial charge in [-0.25, -0.2) is 0 Å². The van der Waals surface area contributed by atoms with Gasteiger partial charge in [0.15, 0.2) is 0 Å². The number of aliphatic imine (C=N–C) groups is 1. The Labute approximate surface area is 115 Å². The Bertz CT molecular complexity index is 371. The molecular formula is C10H19F4N2O3P. The molecule has 20 heavy (non-hydrogen) atoms. The Morgan fingerprint density at radius 3 is 1.90 bits per heavy atom. The Morgan fingerprint density at radius 1 is 1.20 bits per heavy atom. The van der Waals surface area contributed by atoms with Crippen LogP contribution in [0.15, 0.2) is 4.99 Å². The third kappa shape index (κ3) is 8.50. The number of halogens is 4. The maximum absolute atomic E-state index is 13.2. The second-order valence-electron chi connectivity index (χ2n) is 4.61. The summed E-state index contributed by atoms with van der Waals surface area (Å²) in [4.78, 5) is 2.34. The molecule has 0 saturated carbocycles. The van der Waals surface area contributed by atoms with E-state index in [1.54, 1.807) is 27.7 Å². The molecule has 0 aromatic carbocycles. The van der Waals surface area contributed by atoms with E-state index in [0.717, 1.165) is 7.05 Å². The maximum Gasteiger partial charge on any atom is 0.506 e. The van der Waals surface area contributed by atoms with Crippen molar-refractivity contribution in [2.24, 2.45) is 4.99 Å². The summed E-state index contributed by atoms with van der Waals surface area (Å²) in [6, 6.07) is 0. The normalized spacial score (nSPS) is 14.2. The summed E-state index contributed by atoms with van der Waals surface area (Å²) in [5, 5.41) is 0. The lowest BCUT2D eigenvalue weighted by Gasteiger charge is -2.26. The summed E-state index contributed by atoms with van der Waals surface area (Å²) in [5.74, 6) is 0. The fourth-order valence-electron chi connectivity index (χ4n) is 1.24. The summed E-state index contributed by atoms with van der Waals surface area (Å²) < 4.78 is 71.5. The SMILES string of the molecule is CC(C)OP(=O)(CN(C)/C(F)=N\C(F)(F)F)OC(C)C. The highest BCUT2D eigenvalue weighted by molar-refractivity contribution is 7.53. The zero-order valence-electron chi connectivity index (χ0n) is 11.9. The van der Waals surface area contributed by atoms with Crippen molar-refractivity contribution in [1.29, 1.82) is 0 Å². The van der Waals surface area contributed by atoms with Crippen LogP contribution in [0.4, 0.5) is 17.6 Å². The molecule has 0 atom stereocenters. The van der Waals surface area contributed by atoms with E-state index in [9.17, 15) is 22.1 Å². The first-order valence-electron chi connectivity index (χ1n) is 5.83. The second-order valence-corrected chi connectivity index (χ2v) is 6.53. The minimum Gasteiger partial charge on any atom is -0.324 e. The summed E-state index contributed by atoms with van der Waals surface area (Å²) in [7, 11) is -2.79. The van der Waals surface area contributed by atoms with Gasteiger partial charge in [-0.1, -0.05) is 0 Å². The maximum atomic E-state index is 13.2. The van der Waals surface area contributed by atoms with Gasteiger partial charge in [0.25, 0.3) is 6.09 Å². The fourth-order valence-corrected chi connectivity index (χ4v) is 3.35. The lowest BCUT2D eigenvalue weighted by Crippen LogP contribution is -2.28. The minimum atomic E-state index is -5.04. The summed E-state index contributed by atoms with van der Waals surface area (Å²) >= 11 is 0. The Hall–Kier alpha value is -0.660. The molecule has 0 aromatic rings. The first kappa shape index (κ1) is 19.3. The van der Waals surface area contributed by atoms with Gasteiger partial charge in [-0.3, -0.25) is 4.57 Å². The number of hydrogen-bond donors (Lipinski definition) is 0. The quantitative estimate of drug-likeness (QED) is 0.246. The zero-order valence-corrected chi connectivity index (χ0v) is 12.8. The van der Waals surface area contributed by atoms with Crippen molar-refractivity contribution in [3.8, 4) is 0 Å². The van der Waals surface area contributed by atoms with Crippen molar-refractivity contribution >= 4 is 13.7 Å². The van der Waals surface area contributed by atoms with Gasteiger partial charge in [0.1, 0.15) is 6.29 Å². The lowest BCUT2D eigenvalue weighted by atomic mass is 10.5. The molecule has 0 bridgehead atoms. The van der Waals surface area contributed by atoms with Crippen LogP contribution in [-0.4, -0.2) is 42.8 Å². The van der Waals surface area contributed by atoms with E-state index in [4.69, 9.17) is 9.05 Å². The van der Waals surface area contributed by atoms with Crippen molar-refractivity contribution in [2.75, 3.05) is 13.3 Å². The predicted molar refractivity (Wildman–Crippen MR) is 67.3 cm³/mol. The molecule has 10 heteroatoms. The molecule has 0 unspecified atom stereocenters. The third-order valence-electron chi connectivity index (χ3n) is 1.66. The Kier molecular flexibility index (Phi) is 7.13. The summed E-state index contributed by atoms with van der Waals surface area (Å²) in [6.45, 7) is 6.32. The number of hydrogen-bond acceptors (Lipinski definition) is 4. The number of rotatable bonds is 6. The van der Waals surface area contributed by atoms with E-state index in [0.29, 0.717) is 4.90 Å². The van der Waals surface area contributed by atoms with Crippen LogP contribution < -0.4 is 0 Å². The van der Waals surface area contributed by atoms with Crippen LogP contribution in [0, 0.1) is 0 Å². The molecule has 0 spiro atoms. The summed E-state index contributed by atoms with van der Waals surface area (Å²) in [5.41, 5.74) is 0. The van der Waals surface area contributed by atoms with E-state index in [2.05, 4.69) is 0 Å². The van der Waals surface area contributed by atoms with E-state index >= 15 is 0 Å². The monoisotopic (exact) mass is 322 g/mol. The Morgan fingerprint density at radius 2 is 1.60 bits per heavy atom. The highest BCUT2D eigenvalue weighted by atomic mass is 31.2. The number of alkyl halides is 3. The molecular weight excluding hydrogens is 303 g/mol. The van der Waals surface area contributed by atoms with Gasteiger partial charge in [-0.05, 0) is 27.7 Å². The van der Waals surface area contributed by atoms with Crippen LogP contribution in [0.3, 0.4) is 0 Å². The zero-order chi connectivity index (χ0) is 16.1. The third-order valence-corrected chi connectivity index (χ3v) is 3.92. The van der Waals surface area contributed by atoms with Crippen molar-refractivity contribution in [3.05, 3.63) is 0 Å². The molecule has 0 aliphatic carbocycles. The van der Waals surface area contributed by atoms with Crippen molar-refractivity contribution < 1.29 is 31.2 Å². The van der Waals surface area contributed by atoms with Crippen LogP contribution >= 0.6 is 7.60 Å². The van der Waals surface area contributed by atoms with Crippen LogP contribution in [0.25, 0.3) is 0 Å². The van der Waals surface area contributed by atoms with Gasteiger partial charge in [-0.2, -0.15) is 4.39 Å². The topological polar surface area (TPSA) is 51.1 Å². The average Bonchev–Trinajstić information content (AvgIpc) is 2.10. The van der Waals surface area contributed by atoms with Gasteiger partial charge in [-0.15, -0.1) is 18.2 Å². The van der Waals surface area contributed by atoms with E-state index in [1.807, 2.05) is 4.99 Å². The van der Waals surface area contributed by atoms with Gasteiger partial charge < -0.3 is 13.9 Å². The van der Waals surface area contributed by atoms with E-state index in [-0.39, 0.29) is 0 Å². The highest BCUT2D eigenvalue weighted by Gasteiger charge is 2.33. The van der Waals surface area contributed by atoms with Crippen LogP contribution in [-0.2, 0) is 13.6 Å². The molecule has 5 nitrogen and oxygen atoms in total. The lowest BCUT2D eigenvalue weighted by molar-refractivity contribution is -0.121.